The van der Waals surface area contributed by atoms with Crippen molar-refractivity contribution >= 4 is 35.5 Å². The van der Waals surface area contributed by atoms with Crippen molar-refractivity contribution in [3.63, 3.8) is 0 Å². The molecule has 1 heterocycles. The van der Waals surface area contributed by atoms with Crippen LogP contribution in [-0.2, 0) is 19.1 Å². The lowest BCUT2D eigenvalue weighted by atomic mass is 9.96. The zero-order valence-electron chi connectivity index (χ0n) is 15.2. The van der Waals surface area contributed by atoms with Gasteiger partial charge < -0.3 is 9.47 Å². The van der Waals surface area contributed by atoms with Crippen molar-refractivity contribution in [3.8, 4) is 0 Å². The summed E-state index contributed by atoms with van der Waals surface area (Å²) in [6, 6.07) is 0. The van der Waals surface area contributed by atoms with Gasteiger partial charge in [-0.3, -0.25) is 0 Å². The van der Waals surface area contributed by atoms with Crippen LogP contribution in [-0.4, -0.2) is 57.8 Å². The van der Waals surface area contributed by atoms with Gasteiger partial charge in [0.05, 0.1) is 4.08 Å². The topological polar surface area (TPSA) is 52.6 Å². The number of alkyl halides is 7. The first-order valence-corrected chi connectivity index (χ1v) is 10.5. The summed E-state index contributed by atoms with van der Waals surface area (Å²) < 4.78 is 98.0. The third-order valence-corrected chi connectivity index (χ3v) is 8.22. The van der Waals surface area contributed by atoms with Gasteiger partial charge in [0.15, 0.2) is 0 Å². The highest BCUT2D eigenvalue weighted by molar-refractivity contribution is 8.21. The first kappa shape index (κ1) is 24.4. The minimum absolute atomic E-state index is 0.277. The van der Waals surface area contributed by atoms with Gasteiger partial charge in [-0.05, 0) is 19.3 Å². The molecule has 2 aliphatic rings. The molecule has 0 bridgehead atoms. The molecule has 2 fully saturated rings. The van der Waals surface area contributed by atoms with Gasteiger partial charge >= 0.3 is 30.0 Å². The molecular formula is C16H19F7O4S2. The minimum Gasteiger partial charge on any atom is -0.460 e. The number of hydrogen-bond acceptors (Lipinski definition) is 6. The Hall–Kier alpha value is -0.850. The molecule has 4 nitrogen and oxygen atoms in total. The first-order chi connectivity index (χ1) is 13.1. The maximum atomic E-state index is 13.3. The Kier molecular flexibility index (Phi) is 7.34. The summed E-state index contributed by atoms with van der Waals surface area (Å²) in [6.45, 7) is -0.139. The number of carbonyl (C=O) groups is 2. The Morgan fingerprint density at radius 3 is 2.31 bits per heavy atom. The summed E-state index contributed by atoms with van der Waals surface area (Å²) in [5.74, 6) is -12.0. The molecule has 1 spiro atoms. The van der Waals surface area contributed by atoms with E-state index >= 15 is 0 Å². The zero-order valence-corrected chi connectivity index (χ0v) is 16.8. The number of thioether (sulfide) groups is 2. The third kappa shape index (κ3) is 6.56. The van der Waals surface area contributed by atoms with Gasteiger partial charge in [0.25, 0.3) is 0 Å². The molecule has 13 heteroatoms. The van der Waals surface area contributed by atoms with E-state index in [4.69, 9.17) is 4.74 Å². The minimum atomic E-state index is -5.23. The maximum Gasteiger partial charge on any atom is 0.395 e. The standard InChI is InChI=1S/C16H19F7O4S2/c1-13(17,18)11(24)27-10-4-2-3-5-15(10)28-7-9(29-15)6-26-12(25)14(19,20)8-16(21,22)23/h9-10H,2-8H2,1H3. The van der Waals surface area contributed by atoms with Crippen LogP contribution in [0, 0.1) is 0 Å². The van der Waals surface area contributed by atoms with E-state index in [2.05, 4.69) is 4.74 Å². The van der Waals surface area contributed by atoms with E-state index in [1.54, 1.807) is 0 Å². The molecule has 2 rings (SSSR count). The van der Waals surface area contributed by atoms with Crippen LogP contribution in [0.2, 0.25) is 0 Å². The summed E-state index contributed by atoms with van der Waals surface area (Å²) in [5, 5.41) is -0.549. The van der Waals surface area contributed by atoms with Crippen LogP contribution in [0.15, 0.2) is 0 Å². The average molecular weight is 472 g/mol. The van der Waals surface area contributed by atoms with E-state index in [9.17, 15) is 40.3 Å². The van der Waals surface area contributed by atoms with Crippen LogP contribution in [0.25, 0.3) is 0 Å². The fourth-order valence-electron chi connectivity index (χ4n) is 3.03. The van der Waals surface area contributed by atoms with Gasteiger partial charge in [-0.1, -0.05) is 6.42 Å². The number of hydrogen-bond donors (Lipinski definition) is 0. The van der Waals surface area contributed by atoms with Crippen molar-refractivity contribution in [1.29, 1.82) is 0 Å². The van der Waals surface area contributed by atoms with Crippen LogP contribution in [0.5, 0.6) is 0 Å². The Morgan fingerprint density at radius 2 is 1.72 bits per heavy atom. The molecule has 3 atom stereocenters. The molecule has 168 valence electrons. The summed E-state index contributed by atoms with van der Waals surface area (Å²) in [4.78, 5) is 22.9. The fraction of sp³-hybridized carbons (Fsp3) is 0.875. The van der Waals surface area contributed by atoms with Crippen molar-refractivity contribution in [3.05, 3.63) is 0 Å². The van der Waals surface area contributed by atoms with Gasteiger partial charge in [-0.25, -0.2) is 9.59 Å². The normalized spacial score (nSPS) is 28.4. The Morgan fingerprint density at radius 1 is 1.07 bits per heavy atom. The van der Waals surface area contributed by atoms with Gasteiger partial charge in [0, 0.05) is 17.9 Å². The van der Waals surface area contributed by atoms with Crippen LogP contribution < -0.4 is 0 Å². The highest BCUT2D eigenvalue weighted by Gasteiger charge is 2.53. The number of rotatable bonds is 6. The molecule has 0 aromatic carbocycles. The van der Waals surface area contributed by atoms with E-state index in [-0.39, 0.29) is 5.75 Å². The fourth-order valence-corrected chi connectivity index (χ4v) is 6.87. The molecule has 0 amide bonds. The molecule has 1 saturated heterocycles. The molecule has 1 aliphatic heterocycles. The van der Waals surface area contributed by atoms with E-state index in [0.29, 0.717) is 26.2 Å². The van der Waals surface area contributed by atoms with Gasteiger partial charge in [0.1, 0.15) is 19.1 Å². The second-order valence-corrected chi connectivity index (χ2v) is 10.2. The molecular weight excluding hydrogens is 453 g/mol. The molecule has 0 aromatic rings. The van der Waals surface area contributed by atoms with Crippen molar-refractivity contribution in [2.24, 2.45) is 0 Å². The highest BCUT2D eigenvalue weighted by atomic mass is 32.2. The smallest absolute Gasteiger partial charge is 0.395 e. The number of esters is 2. The van der Waals surface area contributed by atoms with Gasteiger partial charge in [0.2, 0.25) is 0 Å². The second kappa shape index (κ2) is 8.72. The monoisotopic (exact) mass is 472 g/mol. The molecule has 0 N–H and O–H groups in total. The number of carbonyl (C=O) groups excluding carboxylic acids is 2. The first-order valence-electron chi connectivity index (χ1n) is 8.67. The Bertz CT molecular complexity index is 623. The van der Waals surface area contributed by atoms with E-state index in [0.717, 1.165) is 18.2 Å². The van der Waals surface area contributed by atoms with Crippen LogP contribution >= 0.6 is 23.5 Å². The van der Waals surface area contributed by atoms with Gasteiger partial charge in [-0.15, -0.1) is 23.5 Å². The lowest BCUT2D eigenvalue weighted by Gasteiger charge is -2.39. The summed E-state index contributed by atoms with van der Waals surface area (Å²) in [7, 11) is 0. The SMILES string of the molecule is CC(F)(F)C(=O)OC1CCCCC12SCC(COC(=O)C(F)(F)CC(F)(F)F)S2. The van der Waals surface area contributed by atoms with E-state index < -0.39 is 58.4 Å². The quantitative estimate of drug-likeness (QED) is 0.409. The zero-order chi connectivity index (χ0) is 22.1. The average Bonchev–Trinajstić information content (AvgIpc) is 2.95. The van der Waals surface area contributed by atoms with Crippen molar-refractivity contribution in [2.45, 2.75) is 72.5 Å². The molecule has 0 aromatic heterocycles. The van der Waals surface area contributed by atoms with Crippen molar-refractivity contribution in [2.75, 3.05) is 12.4 Å². The van der Waals surface area contributed by atoms with Gasteiger partial charge in [-0.2, -0.15) is 30.7 Å². The Balaban J connectivity index is 1.95. The van der Waals surface area contributed by atoms with Crippen molar-refractivity contribution in [1.82, 2.24) is 0 Å². The Labute approximate surface area is 170 Å². The summed E-state index contributed by atoms with van der Waals surface area (Å²) >= 11 is 2.44. The third-order valence-electron chi connectivity index (χ3n) is 4.34. The van der Waals surface area contributed by atoms with E-state index in [1.807, 2.05) is 0 Å². The van der Waals surface area contributed by atoms with Crippen LogP contribution in [0.1, 0.15) is 39.0 Å². The molecule has 29 heavy (non-hydrogen) atoms. The lowest BCUT2D eigenvalue weighted by molar-refractivity contribution is -0.208. The highest BCUT2D eigenvalue weighted by Crippen LogP contribution is 2.57. The lowest BCUT2D eigenvalue weighted by Crippen LogP contribution is -2.44. The second-order valence-electron chi connectivity index (χ2n) is 6.99. The summed E-state index contributed by atoms with van der Waals surface area (Å²) in [5.41, 5.74) is 0. The molecule has 0 radical (unpaired) electrons. The molecule has 1 saturated carbocycles. The number of ether oxygens (including phenoxy) is 2. The maximum absolute atomic E-state index is 13.3. The largest absolute Gasteiger partial charge is 0.460 e. The molecule has 1 aliphatic carbocycles. The van der Waals surface area contributed by atoms with E-state index in [1.165, 1.54) is 11.8 Å². The predicted molar refractivity (Wildman–Crippen MR) is 92.1 cm³/mol. The summed E-state index contributed by atoms with van der Waals surface area (Å²) in [6.07, 6.45) is -6.45. The molecule has 3 unspecified atom stereocenters. The number of halogens is 7. The predicted octanol–water partition coefficient (Wildman–Crippen LogP) is 4.80. The van der Waals surface area contributed by atoms with Crippen LogP contribution in [0.4, 0.5) is 30.7 Å². The van der Waals surface area contributed by atoms with Crippen LogP contribution in [0.3, 0.4) is 0 Å². The van der Waals surface area contributed by atoms with Crippen molar-refractivity contribution < 1.29 is 49.8 Å².